The molecule has 0 saturated carbocycles. The first-order valence-corrected chi connectivity index (χ1v) is 3.33. The summed E-state index contributed by atoms with van der Waals surface area (Å²) in [5, 5.41) is 0. The molecular formula is C8H14O2. The highest BCUT2D eigenvalue weighted by Crippen LogP contribution is 1.79. The van der Waals surface area contributed by atoms with Gasteiger partial charge in [0, 0.05) is 0 Å². The fourth-order valence-corrected chi connectivity index (χ4v) is 0.438. The van der Waals surface area contributed by atoms with E-state index in [9.17, 15) is 0 Å². The lowest BCUT2D eigenvalue weighted by Gasteiger charge is -1.99. The van der Waals surface area contributed by atoms with Crippen LogP contribution in [0, 0.1) is 0 Å². The Morgan fingerprint density at radius 1 is 1.40 bits per heavy atom. The monoisotopic (exact) mass is 142 g/mol. The summed E-state index contributed by atoms with van der Waals surface area (Å²) in [7, 11) is 0. The molecule has 0 amide bonds. The number of allylic oxidation sites excluding steroid dienone is 1. The van der Waals surface area contributed by atoms with E-state index in [1.807, 2.05) is 19.1 Å². The van der Waals surface area contributed by atoms with Crippen LogP contribution >= 0.6 is 0 Å². The van der Waals surface area contributed by atoms with Gasteiger partial charge < -0.3 is 9.47 Å². The SMILES string of the molecule is C=COCCOC/C=C/C. The van der Waals surface area contributed by atoms with Gasteiger partial charge in [-0.1, -0.05) is 18.7 Å². The zero-order chi connectivity index (χ0) is 7.66. The molecule has 0 aromatic rings. The van der Waals surface area contributed by atoms with Crippen LogP contribution in [0.3, 0.4) is 0 Å². The molecule has 0 aliphatic rings. The van der Waals surface area contributed by atoms with Crippen molar-refractivity contribution in [1.82, 2.24) is 0 Å². The minimum absolute atomic E-state index is 0.584. The molecule has 0 aliphatic carbocycles. The standard InChI is InChI=1S/C8H14O2/c1-3-5-6-10-8-7-9-4-2/h3-5H,2,6-8H2,1H3/b5-3+. The molecule has 0 N–H and O–H groups in total. The zero-order valence-electron chi connectivity index (χ0n) is 6.38. The van der Waals surface area contributed by atoms with Gasteiger partial charge in [-0.2, -0.15) is 0 Å². The molecule has 0 aromatic carbocycles. The van der Waals surface area contributed by atoms with Crippen molar-refractivity contribution < 1.29 is 9.47 Å². The molecule has 0 bridgehead atoms. The zero-order valence-corrected chi connectivity index (χ0v) is 6.38. The normalized spacial score (nSPS) is 10.1. The third-order valence-corrected chi connectivity index (χ3v) is 0.913. The molecule has 58 valence electrons. The van der Waals surface area contributed by atoms with Crippen LogP contribution in [0.25, 0.3) is 0 Å². The smallest absolute Gasteiger partial charge is 0.111 e. The number of hydrogen-bond donors (Lipinski definition) is 0. The average Bonchev–Trinajstić information content (AvgIpc) is 1.97. The van der Waals surface area contributed by atoms with E-state index >= 15 is 0 Å². The second-order valence-electron chi connectivity index (χ2n) is 1.68. The van der Waals surface area contributed by atoms with Crippen molar-refractivity contribution in [2.24, 2.45) is 0 Å². The van der Waals surface area contributed by atoms with Crippen molar-refractivity contribution in [2.75, 3.05) is 19.8 Å². The van der Waals surface area contributed by atoms with Crippen molar-refractivity contribution in [3.63, 3.8) is 0 Å². The maximum atomic E-state index is 5.12. The lowest BCUT2D eigenvalue weighted by molar-refractivity contribution is 0.103. The van der Waals surface area contributed by atoms with Gasteiger partial charge in [-0.3, -0.25) is 0 Å². The molecule has 2 heteroatoms. The Morgan fingerprint density at radius 3 is 2.80 bits per heavy atom. The van der Waals surface area contributed by atoms with Gasteiger partial charge in [0.2, 0.25) is 0 Å². The second-order valence-corrected chi connectivity index (χ2v) is 1.68. The van der Waals surface area contributed by atoms with Crippen LogP contribution in [0.4, 0.5) is 0 Å². The van der Waals surface area contributed by atoms with Crippen molar-refractivity contribution in [3.05, 3.63) is 25.0 Å². The van der Waals surface area contributed by atoms with Gasteiger partial charge in [0.1, 0.15) is 6.61 Å². The van der Waals surface area contributed by atoms with Crippen molar-refractivity contribution >= 4 is 0 Å². The van der Waals surface area contributed by atoms with Crippen molar-refractivity contribution in [1.29, 1.82) is 0 Å². The molecule has 0 saturated heterocycles. The Balaban J connectivity index is 2.83. The molecule has 0 aromatic heterocycles. The predicted octanol–water partition coefficient (Wildman–Crippen LogP) is 1.74. The van der Waals surface area contributed by atoms with E-state index in [2.05, 4.69) is 6.58 Å². The highest BCUT2D eigenvalue weighted by Gasteiger charge is 1.81. The fraction of sp³-hybridized carbons (Fsp3) is 0.500. The van der Waals surface area contributed by atoms with Crippen molar-refractivity contribution in [3.8, 4) is 0 Å². The van der Waals surface area contributed by atoms with E-state index < -0.39 is 0 Å². The molecule has 0 aliphatic heterocycles. The lowest BCUT2D eigenvalue weighted by Crippen LogP contribution is -2.00. The minimum atomic E-state index is 0.584. The Bertz CT molecular complexity index is 97.4. The summed E-state index contributed by atoms with van der Waals surface area (Å²) in [4.78, 5) is 0. The van der Waals surface area contributed by atoms with Gasteiger partial charge in [0.05, 0.1) is 19.5 Å². The van der Waals surface area contributed by atoms with Crippen LogP contribution in [0.2, 0.25) is 0 Å². The summed E-state index contributed by atoms with van der Waals surface area (Å²) in [5.41, 5.74) is 0. The van der Waals surface area contributed by atoms with Gasteiger partial charge in [-0.15, -0.1) is 0 Å². The van der Waals surface area contributed by atoms with E-state index in [4.69, 9.17) is 9.47 Å². The molecule has 0 radical (unpaired) electrons. The molecule has 0 unspecified atom stereocenters. The number of hydrogen-bond acceptors (Lipinski definition) is 2. The summed E-state index contributed by atoms with van der Waals surface area (Å²) < 4.78 is 9.95. The van der Waals surface area contributed by atoms with E-state index in [0.29, 0.717) is 19.8 Å². The molecule has 0 fully saturated rings. The number of rotatable bonds is 6. The minimum Gasteiger partial charge on any atom is -0.499 e. The molecule has 0 atom stereocenters. The third-order valence-electron chi connectivity index (χ3n) is 0.913. The molecule has 0 spiro atoms. The highest BCUT2D eigenvalue weighted by molar-refractivity contribution is 4.75. The van der Waals surface area contributed by atoms with Gasteiger partial charge in [-0.05, 0) is 6.92 Å². The van der Waals surface area contributed by atoms with Crippen LogP contribution in [0.5, 0.6) is 0 Å². The summed E-state index contributed by atoms with van der Waals surface area (Å²) in [6, 6.07) is 0. The summed E-state index contributed by atoms with van der Waals surface area (Å²) in [6.45, 7) is 7.23. The molecule has 10 heavy (non-hydrogen) atoms. The van der Waals surface area contributed by atoms with E-state index in [0.717, 1.165) is 0 Å². The number of ether oxygens (including phenoxy) is 2. The summed E-state index contributed by atoms with van der Waals surface area (Å²) in [6.07, 6.45) is 5.32. The van der Waals surface area contributed by atoms with Crippen LogP contribution in [0.15, 0.2) is 25.0 Å². The largest absolute Gasteiger partial charge is 0.499 e. The first-order chi connectivity index (χ1) is 4.91. The van der Waals surface area contributed by atoms with E-state index in [-0.39, 0.29) is 0 Å². The summed E-state index contributed by atoms with van der Waals surface area (Å²) in [5.74, 6) is 0. The molecular weight excluding hydrogens is 128 g/mol. The predicted molar refractivity (Wildman–Crippen MR) is 41.8 cm³/mol. The Morgan fingerprint density at radius 2 is 2.20 bits per heavy atom. The quantitative estimate of drug-likeness (QED) is 0.319. The maximum Gasteiger partial charge on any atom is 0.111 e. The first-order valence-electron chi connectivity index (χ1n) is 3.33. The lowest BCUT2D eigenvalue weighted by atomic mass is 10.5. The Labute approximate surface area is 62.1 Å². The van der Waals surface area contributed by atoms with Crippen LogP contribution in [0.1, 0.15) is 6.92 Å². The van der Waals surface area contributed by atoms with Gasteiger partial charge >= 0.3 is 0 Å². The van der Waals surface area contributed by atoms with Gasteiger partial charge in [-0.25, -0.2) is 0 Å². The molecule has 0 heterocycles. The molecule has 0 rings (SSSR count). The van der Waals surface area contributed by atoms with Gasteiger partial charge in [0.25, 0.3) is 0 Å². The third kappa shape index (κ3) is 7.24. The Hall–Kier alpha value is -0.760. The average molecular weight is 142 g/mol. The second kappa shape index (κ2) is 8.24. The Kier molecular flexibility index (Phi) is 7.61. The summed E-state index contributed by atoms with van der Waals surface area (Å²) >= 11 is 0. The van der Waals surface area contributed by atoms with E-state index in [1.54, 1.807) is 0 Å². The van der Waals surface area contributed by atoms with Crippen LogP contribution in [-0.2, 0) is 9.47 Å². The van der Waals surface area contributed by atoms with Crippen LogP contribution in [-0.4, -0.2) is 19.8 Å². The highest BCUT2D eigenvalue weighted by atomic mass is 16.5. The van der Waals surface area contributed by atoms with Crippen LogP contribution < -0.4 is 0 Å². The topological polar surface area (TPSA) is 18.5 Å². The van der Waals surface area contributed by atoms with Crippen molar-refractivity contribution in [2.45, 2.75) is 6.92 Å². The molecule has 2 nitrogen and oxygen atoms in total. The first kappa shape index (κ1) is 9.24. The van der Waals surface area contributed by atoms with Gasteiger partial charge in [0.15, 0.2) is 0 Å². The fourth-order valence-electron chi connectivity index (χ4n) is 0.438. The van der Waals surface area contributed by atoms with E-state index in [1.165, 1.54) is 6.26 Å². The maximum absolute atomic E-state index is 5.12.